The maximum absolute atomic E-state index is 10.9. The Morgan fingerprint density at radius 1 is 1.64 bits per heavy atom. The van der Waals surface area contributed by atoms with E-state index in [0.717, 1.165) is 6.20 Å². The molecule has 0 aliphatic rings. The van der Waals surface area contributed by atoms with E-state index in [2.05, 4.69) is 25.2 Å². The Morgan fingerprint density at radius 2 is 2.43 bits per heavy atom. The van der Waals surface area contributed by atoms with Crippen molar-refractivity contribution in [2.75, 3.05) is 0 Å². The van der Waals surface area contributed by atoms with Gasteiger partial charge >= 0.3 is 11.5 Å². The van der Waals surface area contributed by atoms with Gasteiger partial charge in [0.05, 0.1) is 11.4 Å². The van der Waals surface area contributed by atoms with Crippen LogP contribution in [0.25, 0.3) is 11.4 Å². The zero-order valence-electron chi connectivity index (χ0n) is 6.45. The lowest BCUT2D eigenvalue weighted by Crippen LogP contribution is -2.25. The van der Waals surface area contributed by atoms with Crippen LogP contribution in [0.2, 0.25) is 0 Å². The molecule has 0 spiro atoms. The average Bonchev–Trinajstić information content (AvgIpc) is 2.71. The van der Waals surface area contributed by atoms with Gasteiger partial charge in [-0.05, 0) is 9.83 Å². The second kappa shape index (κ2) is 2.76. The summed E-state index contributed by atoms with van der Waals surface area (Å²) >= 11 is 0. The van der Waals surface area contributed by atoms with Gasteiger partial charge in [0.15, 0.2) is 5.69 Å². The standard InChI is InChI=1S/C4H2N6O4/c11-9(12)4-3(10(13)14-7-4)2-1-5-8-6-2/h1H,(H,5,6,8). The summed E-state index contributed by atoms with van der Waals surface area (Å²) < 4.78 is 4.07. The van der Waals surface area contributed by atoms with Gasteiger partial charge in [0.2, 0.25) is 0 Å². The van der Waals surface area contributed by atoms with Gasteiger partial charge in [-0.25, -0.2) is 0 Å². The lowest BCUT2D eigenvalue weighted by Gasteiger charge is -1.90. The van der Waals surface area contributed by atoms with Gasteiger partial charge in [-0.3, -0.25) is 4.63 Å². The third-order valence-electron chi connectivity index (χ3n) is 1.43. The van der Waals surface area contributed by atoms with E-state index in [4.69, 9.17) is 0 Å². The zero-order chi connectivity index (χ0) is 10.1. The first-order valence-electron chi connectivity index (χ1n) is 3.30. The number of nitro groups is 1. The predicted octanol–water partition coefficient (Wildman–Crippen LogP) is -0.999. The van der Waals surface area contributed by atoms with Crippen LogP contribution >= 0.6 is 0 Å². The number of nitrogens with zero attached hydrogens (tertiary/aromatic N) is 5. The minimum Gasteiger partial charge on any atom is -0.359 e. The Morgan fingerprint density at radius 3 is 3.00 bits per heavy atom. The minimum atomic E-state index is -0.845. The molecule has 72 valence electrons. The molecule has 0 atom stereocenters. The summed E-state index contributed by atoms with van der Waals surface area (Å²) in [5.74, 6) is -0.700. The molecule has 1 N–H and O–H groups in total. The van der Waals surface area contributed by atoms with E-state index >= 15 is 0 Å². The van der Waals surface area contributed by atoms with E-state index in [0.29, 0.717) is 0 Å². The summed E-state index contributed by atoms with van der Waals surface area (Å²) in [5, 5.41) is 33.4. The summed E-state index contributed by atoms with van der Waals surface area (Å²) in [6, 6.07) is 0. The normalized spacial score (nSPS) is 10.3. The lowest BCUT2D eigenvalue weighted by molar-refractivity contribution is -0.793. The van der Waals surface area contributed by atoms with Crippen LogP contribution < -0.4 is 4.90 Å². The van der Waals surface area contributed by atoms with E-state index in [9.17, 15) is 15.3 Å². The molecule has 0 saturated heterocycles. The quantitative estimate of drug-likeness (QED) is 0.371. The molecule has 0 aliphatic heterocycles. The van der Waals surface area contributed by atoms with Crippen molar-refractivity contribution < 1.29 is 14.5 Å². The van der Waals surface area contributed by atoms with E-state index < -0.39 is 10.7 Å². The third kappa shape index (κ3) is 1.05. The van der Waals surface area contributed by atoms with Crippen molar-refractivity contribution in [3.05, 3.63) is 21.5 Å². The first-order chi connectivity index (χ1) is 6.70. The fourth-order valence-corrected chi connectivity index (χ4v) is 0.885. The Kier molecular flexibility index (Phi) is 1.59. The van der Waals surface area contributed by atoms with Crippen LogP contribution in [0.15, 0.2) is 10.8 Å². The Bertz CT molecular complexity index is 460. The highest BCUT2D eigenvalue weighted by Crippen LogP contribution is 2.20. The fourth-order valence-electron chi connectivity index (χ4n) is 0.885. The Labute approximate surface area is 74.8 Å². The van der Waals surface area contributed by atoms with Crippen molar-refractivity contribution in [1.82, 2.24) is 20.6 Å². The molecule has 0 unspecified atom stereocenters. The molecule has 2 aromatic heterocycles. The van der Waals surface area contributed by atoms with Gasteiger partial charge in [0, 0.05) is 0 Å². The van der Waals surface area contributed by atoms with Crippen molar-refractivity contribution in [1.29, 1.82) is 0 Å². The van der Waals surface area contributed by atoms with E-state index in [1.807, 2.05) is 0 Å². The molecule has 0 amide bonds. The SMILES string of the molecule is O=[N+]([O-])c1no[n+]([O-])c1-c1cn[nH]n1. The van der Waals surface area contributed by atoms with E-state index in [1.54, 1.807) is 0 Å². The number of H-pyrrole nitrogens is 1. The molecule has 0 aromatic carbocycles. The topological polar surface area (TPSA) is 138 Å². The van der Waals surface area contributed by atoms with Crippen molar-refractivity contribution in [2.24, 2.45) is 0 Å². The van der Waals surface area contributed by atoms with Gasteiger partial charge in [-0.2, -0.15) is 15.4 Å². The van der Waals surface area contributed by atoms with Crippen LogP contribution in [0, 0.1) is 15.3 Å². The Balaban J connectivity index is 2.62. The molecule has 0 fully saturated rings. The summed E-state index contributed by atoms with van der Waals surface area (Å²) in [7, 11) is 0. The van der Waals surface area contributed by atoms with Crippen LogP contribution in [0.5, 0.6) is 0 Å². The predicted molar refractivity (Wildman–Crippen MR) is 37.5 cm³/mol. The van der Waals surface area contributed by atoms with Crippen LogP contribution in [-0.2, 0) is 0 Å². The molecule has 10 nitrogen and oxygen atoms in total. The second-order valence-electron chi connectivity index (χ2n) is 2.21. The van der Waals surface area contributed by atoms with Gasteiger partial charge in [-0.1, -0.05) is 0 Å². The van der Waals surface area contributed by atoms with Gasteiger partial charge in [0.1, 0.15) is 0 Å². The molecule has 14 heavy (non-hydrogen) atoms. The second-order valence-corrected chi connectivity index (χ2v) is 2.21. The average molecular weight is 198 g/mol. The molecule has 0 saturated carbocycles. The molecule has 10 heteroatoms. The number of hydrogen-bond donors (Lipinski definition) is 1. The molecule has 0 bridgehead atoms. The van der Waals surface area contributed by atoms with Gasteiger partial charge < -0.3 is 15.3 Å². The highest BCUT2D eigenvalue weighted by molar-refractivity contribution is 5.57. The number of nitrogens with one attached hydrogen (secondary N) is 1. The van der Waals surface area contributed by atoms with Crippen LogP contribution in [0.1, 0.15) is 0 Å². The molecular formula is C4H2N6O4. The molecule has 0 aliphatic carbocycles. The maximum atomic E-state index is 10.9. The van der Waals surface area contributed by atoms with Gasteiger partial charge in [0.25, 0.3) is 0 Å². The molecule has 0 radical (unpaired) electrons. The highest BCUT2D eigenvalue weighted by Gasteiger charge is 2.28. The largest absolute Gasteiger partial charge is 0.442 e. The van der Waals surface area contributed by atoms with Gasteiger partial charge in [-0.15, -0.1) is 0 Å². The molecular weight excluding hydrogens is 196 g/mol. The zero-order valence-corrected chi connectivity index (χ0v) is 6.45. The monoisotopic (exact) mass is 198 g/mol. The highest BCUT2D eigenvalue weighted by atomic mass is 16.8. The number of aromatic nitrogens is 5. The molecule has 2 rings (SSSR count). The summed E-state index contributed by atoms with van der Waals surface area (Å²) in [6.45, 7) is 0. The van der Waals surface area contributed by atoms with E-state index in [1.165, 1.54) is 0 Å². The summed E-state index contributed by atoms with van der Waals surface area (Å²) in [4.78, 5) is 9.46. The third-order valence-corrected chi connectivity index (χ3v) is 1.43. The minimum absolute atomic E-state index is 0.00653. The number of aromatic amines is 1. The maximum Gasteiger partial charge on any atom is 0.442 e. The molecule has 2 aromatic rings. The van der Waals surface area contributed by atoms with Crippen LogP contribution in [0.3, 0.4) is 0 Å². The van der Waals surface area contributed by atoms with Crippen molar-refractivity contribution in [3.8, 4) is 11.4 Å². The lowest BCUT2D eigenvalue weighted by atomic mass is 10.3. The summed E-state index contributed by atoms with van der Waals surface area (Å²) in [5.41, 5.74) is -0.392. The molecule has 2 heterocycles. The van der Waals surface area contributed by atoms with E-state index in [-0.39, 0.29) is 16.3 Å². The smallest absolute Gasteiger partial charge is 0.359 e. The van der Waals surface area contributed by atoms with Crippen molar-refractivity contribution >= 4 is 5.82 Å². The first-order valence-corrected chi connectivity index (χ1v) is 3.30. The van der Waals surface area contributed by atoms with Crippen LogP contribution in [0.4, 0.5) is 5.82 Å². The first kappa shape index (κ1) is 8.10. The Hall–Kier alpha value is -2.52. The number of hydrogen-bond acceptors (Lipinski definition) is 7. The van der Waals surface area contributed by atoms with Crippen LogP contribution in [-0.4, -0.2) is 25.5 Å². The van der Waals surface area contributed by atoms with Crippen molar-refractivity contribution in [3.63, 3.8) is 0 Å². The number of rotatable bonds is 2. The fraction of sp³-hybridized carbons (Fsp3) is 0. The van der Waals surface area contributed by atoms with Crippen molar-refractivity contribution in [2.45, 2.75) is 0 Å². The summed E-state index contributed by atoms with van der Waals surface area (Å²) in [6.07, 6.45) is 1.15.